The molecule has 0 saturated carbocycles. The highest BCUT2D eigenvalue weighted by Gasteiger charge is 2.21. The summed E-state index contributed by atoms with van der Waals surface area (Å²) in [6.45, 7) is 4.87. The Bertz CT molecular complexity index is 980. The molecule has 1 amide bonds. The quantitative estimate of drug-likeness (QED) is 0.690. The van der Waals surface area contributed by atoms with Crippen molar-refractivity contribution in [2.24, 2.45) is 0 Å². The van der Waals surface area contributed by atoms with Crippen LogP contribution >= 0.6 is 11.3 Å². The van der Waals surface area contributed by atoms with Crippen molar-refractivity contribution in [1.29, 1.82) is 0 Å². The van der Waals surface area contributed by atoms with Crippen molar-refractivity contribution in [3.05, 3.63) is 70.1 Å². The second-order valence-electron chi connectivity index (χ2n) is 7.31. The summed E-state index contributed by atoms with van der Waals surface area (Å²) in [6.07, 6.45) is 5.36. The van der Waals surface area contributed by atoms with Crippen LogP contribution in [-0.2, 0) is 6.54 Å². The summed E-state index contributed by atoms with van der Waals surface area (Å²) in [5.74, 6) is -0.414. The first-order chi connectivity index (χ1) is 14.1. The van der Waals surface area contributed by atoms with Gasteiger partial charge in [0.2, 0.25) is 0 Å². The number of aryl methyl sites for hydroxylation is 1. The lowest BCUT2D eigenvalue weighted by atomic mass is 10.0. The fourth-order valence-electron chi connectivity index (χ4n) is 3.55. The standard InChI is InChI=1S/C22H23FN4OS/c1-15-24-13-20(29-15)14-27-9-7-19(8-10-27)26-22(28)17-5-6-21(25-12-17)16-3-2-4-18(23)11-16/h2-6,11-13,19H,7-10,14H2,1H3,(H,26,28). The average Bonchev–Trinajstić information content (AvgIpc) is 3.14. The highest BCUT2D eigenvalue weighted by Crippen LogP contribution is 2.20. The molecule has 29 heavy (non-hydrogen) atoms. The first-order valence-electron chi connectivity index (χ1n) is 9.73. The topological polar surface area (TPSA) is 58.1 Å². The summed E-state index contributed by atoms with van der Waals surface area (Å²) in [6, 6.07) is 9.94. The van der Waals surface area contributed by atoms with E-state index in [1.54, 1.807) is 41.8 Å². The van der Waals surface area contributed by atoms with E-state index in [1.165, 1.54) is 17.0 Å². The molecule has 150 valence electrons. The molecule has 1 N–H and O–H groups in total. The van der Waals surface area contributed by atoms with Gasteiger partial charge in [-0.3, -0.25) is 14.7 Å². The van der Waals surface area contributed by atoms with E-state index in [2.05, 4.69) is 20.2 Å². The molecule has 0 spiro atoms. The minimum Gasteiger partial charge on any atom is -0.349 e. The Labute approximate surface area is 173 Å². The monoisotopic (exact) mass is 410 g/mol. The third kappa shape index (κ3) is 5.05. The summed E-state index contributed by atoms with van der Waals surface area (Å²) in [4.78, 5) is 24.9. The van der Waals surface area contributed by atoms with Crippen molar-refractivity contribution < 1.29 is 9.18 Å². The largest absolute Gasteiger partial charge is 0.349 e. The number of halogens is 1. The number of rotatable bonds is 5. The summed E-state index contributed by atoms with van der Waals surface area (Å²) in [5.41, 5.74) is 1.86. The van der Waals surface area contributed by atoms with Gasteiger partial charge in [-0.25, -0.2) is 9.37 Å². The summed E-state index contributed by atoms with van der Waals surface area (Å²) >= 11 is 1.74. The number of likely N-dealkylation sites (tertiary alicyclic amines) is 1. The van der Waals surface area contributed by atoms with Crippen LogP contribution in [0.3, 0.4) is 0 Å². The second-order valence-corrected chi connectivity index (χ2v) is 8.63. The molecule has 2 aromatic heterocycles. The Hall–Kier alpha value is -2.64. The fraction of sp³-hybridized carbons (Fsp3) is 0.318. The maximum absolute atomic E-state index is 13.4. The molecule has 3 heterocycles. The van der Waals surface area contributed by atoms with E-state index in [0.29, 0.717) is 16.8 Å². The van der Waals surface area contributed by atoms with Crippen LogP contribution in [0.5, 0.6) is 0 Å². The van der Waals surface area contributed by atoms with Crippen LogP contribution < -0.4 is 5.32 Å². The van der Waals surface area contributed by atoms with Gasteiger partial charge in [-0.05, 0) is 44.0 Å². The van der Waals surface area contributed by atoms with E-state index >= 15 is 0 Å². The van der Waals surface area contributed by atoms with Crippen molar-refractivity contribution in [1.82, 2.24) is 20.2 Å². The van der Waals surface area contributed by atoms with Gasteiger partial charge in [0.05, 0.1) is 16.3 Å². The van der Waals surface area contributed by atoms with E-state index in [4.69, 9.17) is 0 Å². The number of thiazole rings is 1. The lowest BCUT2D eigenvalue weighted by Crippen LogP contribution is -2.44. The number of amides is 1. The Morgan fingerprint density at radius 1 is 1.21 bits per heavy atom. The lowest BCUT2D eigenvalue weighted by Gasteiger charge is -2.31. The molecular weight excluding hydrogens is 387 g/mol. The van der Waals surface area contributed by atoms with E-state index in [1.807, 2.05) is 13.1 Å². The average molecular weight is 411 g/mol. The Morgan fingerprint density at radius 2 is 2.03 bits per heavy atom. The van der Waals surface area contributed by atoms with Gasteiger partial charge in [-0.2, -0.15) is 0 Å². The summed E-state index contributed by atoms with van der Waals surface area (Å²) < 4.78 is 13.4. The first kappa shape index (κ1) is 19.7. The van der Waals surface area contributed by atoms with Gasteiger partial charge in [0.1, 0.15) is 5.82 Å². The van der Waals surface area contributed by atoms with Crippen LogP contribution in [-0.4, -0.2) is 39.9 Å². The minimum atomic E-state index is -0.303. The van der Waals surface area contributed by atoms with Crippen molar-refractivity contribution in [3.63, 3.8) is 0 Å². The fourth-order valence-corrected chi connectivity index (χ4v) is 4.39. The lowest BCUT2D eigenvalue weighted by molar-refractivity contribution is 0.0909. The molecule has 7 heteroatoms. The summed E-state index contributed by atoms with van der Waals surface area (Å²) in [5, 5.41) is 4.21. The molecule has 1 aliphatic heterocycles. The number of aromatic nitrogens is 2. The SMILES string of the molecule is Cc1ncc(CN2CCC(NC(=O)c3ccc(-c4cccc(F)c4)nc3)CC2)s1. The molecule has 1 saturated heterocycles. The van der Waals surface area contributed by atoms with E-state index in [-0.39, 0.29) is 17.8 Å². The molecule has 5 nitrogen and oxygen atoms in total. The van der Waals surface area contributed by atoms with Crippen molar-refractivity contribution >= 4 is 17.2 Å². The third-order valence-corrected chi connectivity index (χ3v) is 6.01. The third-order valence-electron chi connectivity index (χ3n) is 5.12. The molecule has 1 fully saturated rings. The predicted octanol–water partition coefficient (Wildman–Crippen LogP) is 4.05. The molecular formula is C22H23FN4OS. The highest BCUT2D eigenvalue weighted by molar-refractivity contribution is 7.11. The van der Waals surface area contributed by atoms with Gasteiger partial charge in [-0.15, -0.1) is 11.3 Å². The minimum absolute atomic E-state index is 0.111. The van der Waals surface area contributed by atoms with Gasteiger partial charge in [0.25, 0.3) is 5.91 Å². The summed E-state index contributed by atoms with van der Waals surface area (Å²) in [7, 11) is 0. The van der Waals surface area contributed by atoms with Gasteiger partial charge in [0.15, 0.2) is 0 Å². The Balaban J connectivity index is 1.29. The van der Waals surface area contributed by atoms with Crippen LogP contribution in [0.1, 0.15) is 33.1 Å². The van der Waals surface area contributed by atoms with Crippen LogP contribution in [0.2, 0.25) is 0 Å². The molecule has 0 bridgehead atoms. The normalized spacial score (nSPS) is 15.4. The van der Waals surface area contributed by atoms with Gasteiger partial charge >= 0.3 is 0 Å². The van der Waals surface area contributed by atoms with E-state index in [0.717, 1.165) is 37.5 Å². The number of pyridine rings is 1. The number of hydrogen-bond acceptors (Lipinski definition) is 5. The number of nitrogens with one attached hydrogen (secondary N) is 1. The Morgan fingerprint density at radius 3 is 2.69 bits per heavy atom. The maximum Gasteiger partial charge on any atom is 0.253 e. The highest BCUT2D eigenvalue weighted by atomic mass is 32.1. The number of carbonyl (C=O) groups is 1. The first-order valence-corrected chi connectivity index (χ1v) is 10.5. The van der Waals surface area contributed by atoms with Crippen LogP contribution in [0, 0.1) is 12.7 Å². The number of nitrogens with zero attached hydrogens (tertiary/aromatic N) is 3. The van der Waals surface area contributed by atoms with Gasteiger partial charge in [0, 0.05) is 48.5 Å². The molecule has 1 aromatic carbocycles. The second kappa shape index (κ2) is 8.80. The predicted molar refractivity (Wildman–Crippen MR) is 112 cm³/mol. The van der Waals surface area contributed by atoms with Crippen molar-refractivity contribution in [3.8, 4) is 11.3 Å². The van der Waals surface area contributed by atoms with Crippen LogP contribution in [0.15, 0.2) is 48.8 Å². The van der Waals surface area contributed by atoms with Crippen LogP contribution in [0.25, 0.3) is 11.3 Å². The van der Waals surface area contributed by atoms with Gasteiger partial charge in [-0.1, -0.05) is 12.1 Å². The molecule has 0 unspecified atom stereocenters. The number of benzene rings is 1. The molecule has 3 aromatic rings. The zero-order chi connectivity index (χ0) is 20.2. The Kier molecular flexibility index (Phi) is 5.97. The number of piperidine rings is 1. The number of carbonyl (C=O) groups excluding carboxylic acids is 1. The molecule has 1 aliphatic rings. The van der Waals surface area contributed by atoms with Crippen LogP contribution in [0.4, 0.5) is 4.39 Å². The zero-order valence-electron chi connectivity index (χ0n) is 16.3. The molecule has 4 rings (SSSR count). The zero-order valence-corrected chi connectivity index (χ0v) is 17.1. The van der Waals surface area contributed by atoms with E-state index in [9.17, 15) is 9.18 Å². The van der Waals surface area contributed by atoms with Crippen molar-refractivity contribution in [2.45, 2.75) is 32.4 Å². The van der Waals surface area contributed by atoms with Crippen molar-refractivity contribution in [2.75, 3.05) is 13.1 Å². The maximum atomic E-state index is 13.4. The number of hydrogen-bond donors (Lipinski definition) is 1. The smallest absolute Gasteiger partial charge is 0.253 e. The van der Waals surface area contributed by atoms with Gasteiger partial charge < -0.3 is 5.32 Å². The molecule has 0 aliphatic carbocycles. The molecule has 0 radical (unpaired) electrons. The van der Waals surface area contributed by atoms with E-state index < -0.39 is 0 Å². The molecule has 0 atom stereocenters.